The molecule has 0 aliphatic carbocycles. The van der Waals surface area contributed by atoms with E-state index < -0.39 is 0 Å². The molecular formula is C11H17N3O2. The average Bonchev–Trinajstić information content (AvgIpc) is 2.75. The fourth-order valence-electron chi connectivity index (χ4n) is 2.05. The Morgan fingerprint density at radius 3 is 2.81 bits per heavy atom. The Labute approximate surface area is 94.8 Å². The van der Waals surface area contributed by atoms with Crippen molar-refractivity contribution in [3.63, 3.8) is 0 Å². The van der Waals surface area contributed by atoms with Gasteiger partial charge in [0.1, 0.15) is 11.3 Å². The van der Waals surface area contributed by atoms with E-state index in [-0.39, 0.29) is 5.91 Å². The van der Waals surface area contributed by atoms with Crippen LogP contribution in [0.4, 0.5) is 0 Å². The second-order valence-electron chi connectivity index (χ2n) is 4.19. The van der Waals surface area contributed by atoms with Crippen LogP contribution in [0.25, 0.3) is 0 Å². The molecule has 88 valence electrons. The highest BCUT2D eigenvalue weighted by Crippen LogP contribution is 2.15. The molecule has 0 atom stereocenters. The fraction of sp³-hybridized carbons (Fsp3) is 0.636. The molecule has 0 radical (unpaired) electrons. The van der Waals surface area contributed by atoms with Crippen LogP contribution in [0, 0.1) is 6.92 Å². The van der Waals surface area contributed by atoms with Crippen molar-refractivity contribution in [2.45, 2.75) is 25.8 Å². The van der Waals surface area contributed by atoms with Gasteiger partial charge in [0.05, 0.1) is 6.20 Å². The normalized spacial score (nSPS) is 17.4. The molecule has 2 heterocycles. The van der Waals surface area contributed by atoms with Gasteiger partial charge < -0.3 is 14.7 Å². The lowest BCUT2D eigenvalue weighted by Crippen LogP contribution is -2.44. The van der Waals surface area contributed by atoms with Crippen LogP contribution in [-0.4, -0.2) is 42.1 Å². The predicted octanol–water partition coefficient (Wildman–Crippen LogP) is 0.807. The number of carbonyl (C=O) groups is 1. The summed E-state index contributed by atoms with van der Waals surface area (Å²) in [6.07, 6.45) is 3.51. The Bertz CT molecular complexity index is 369. The van der Waals surface area contributed by atoms with Crippen LogP contribution < -0.4 is 5.32 Å². The van der Waals surface area contributed by atoms with Gasteiger partial charge in [-0.1, -0.05) is 5.16 Å². The van der Waals surface area contributed by atoms with Gasteiger partial charge in [0.15, 0.2) is 0 Å². The quantitative estimate of drug-likeness (QED) is 0.806. The number of nitrogens with one attached hydrogen (secondary N) is 1. The molecule has 0 spiro atoms. The Morgan fingerprint density at radius 1 is 1.56 bits per heavy atom. The number of hydrogen-bond donors (Lipinski definition) is 1. The average molecular weight is 223 g/mol. The Balaban J connectivity index is 2.06. The highest BCUT2D eigenvalue weighted by molar-refractivity contribution is 5.94. The molecule has 1 N–H and O–H groups in total. The van der Waals surface area contributed by atoms with E-state index in [2.05, 4.69) is 10.5 Å². The number of rotatable bonds is 2. The Morgan fingerprint density at radius 2 is 2.25 bits per heavy atom. The van der Waals surface area contributed by atoms with E-state index in [0.29, 0.717) is 17.4 Å². The van der Waals surface area contributed by atoms with E-state index in [9.17, 15) is 4.79 Å². The van der Waals surface area contributed by atoms with Crippen molar-refractivity contribution in [3.8, 4) is 0 Å². The second kappa shape index (κ2) is 4.65. The summed E-state index contributed by atoms with van der Waals surface area (Å²) in [4.78, 5) is 13.9. The molecule has 1 amide bonds. The number of hydrogen-bond acceptors (Lipinski definition) is 4. The summed E-state index contributed by atoms with van der Waals surface area (Å²) < 4.78 is 4.91. The van der Waals surface area contributed by atoms with Crippen LogP contribution in [0.3, 0.4) is 0 Å². The zero-order chi connectivity index (χ0) is 11.5. The molecule has 1 saturated heterocycles. The summed E-state index contributed by atoms with van der Waals surface area (Å²) in [7, 11) is 1.85. The summed E-state index contributed by atoms with van der Waals surface area (Å²) in [6.45, 7) is 3.71. The van der Waals surface area contributed by atoms with Crippen LogP contribution in [0.2, 0.25) is 0 Å². The van der Waals surface area contributed by atoms with Gasteiger partial charge >= 0.3 is 0 Å². The standard InChI is InChI=1S/C11H17N3O2/c1-8-10(7-13-16-8)11(15)14(2)9-3-5-12-6-4-9/h7,9,12H,3-6H2,1-2H3. The summed E-state index contributed by atoms with van der Waals surface area (Å²) >= 11 is 0. The minimum atomic E-state index is 0.00523. The highest BCUT2D eigenvalue weighted by atomic mass is 16.5. The summed E-state index contributed by atoms with van der Waals surface area (Å²) in [6, 6.07) is 0.322. The molecule has 0 unspecified atom stereocenters. The topological polar surface area (TPSA) is 58.4 Å². The van der Waals surface area contributed by atoms with Crippen molar-refractivity contribution >= 4 is 5.91 Å². The first kappa shape index (κ1) is 11.1. The molecule has 1 aromatic heterocycles. The van der Waals surface area contributed by atoms with Gasteiger partial charge in [-0.05, 0) is 32.9 Å². The minimum absolute atomic E-state index is 0.00523. The summed E-state index contributed by atoms with van der Waals surface area (Å²) in [5.41, 5.74) is 0.570. The SMILES string of the molecule is Cc1oncc1C(=O)N(C)C1CCNCC1. The molecule has 0 aromatic carbocycles. The Hall–Kier alpha value is -1.36. The number of amides is 1. The Kier molecular flexibility index (Phi) is 3.24. The largest absolute Gasteiger partial charge is 0.361 e. The molecule has 1 aliphatic rings. The second-order valence-corrected chi connectivity index (χ2v) is 4.19. The minimum Gasteiger partial charge on any atom is -0.361 e. The summed E-state index contributed by atoms with van der Waals surface area (Å²) in [5.74, 6) is 0.594. The van der Waals surface area contributed by atoms with Crippen molar-refractivity contribution < 1.29 is 9.32 Å². The fourth-order valence-corrected chi connectivity index (χ4v) is 2.05. The van der Waals surface area contributed by atoms with E-state index in [1.807, 2.05) is 7.05 Å². The maximum atomic E-state index is 12.1. The van der Waals surface area contributed by atoms with E-state index in [1.165, 1.54) is 6.20 Å². The lowest BCUT2D eigenvalue weighted by Gasteiger charge is -2.31. The van der Waals surface area contributed by atoms with Gasteiger partial charge in [-0.2, -0.15) is 0 Å². The van der Waals surface area contributed by atoms with Crippen LogP contribution in [0.5, 0.6) is 0 Å². The molecule has 0 bridgehead atoms. The maximum Gasteiger partial charge on any atom is 0.259 e. The van der Waals surface area contributed by atoms with Gasteiger partial charge in [-0.25, -0.2) is 0 Å². The van der Waals surface area contributed by atoms with Crippen LogP contribution >= 0.6 is 0 Å². The lowest BCUT2D eigenvalue weighted by atomic mass is 10.0. The monoisotopic (exact) mass is 223 g/mol. The molecule has 1 aliphatic heterocycles. The van der Waals surface area contributed by atoms with Crippen molar-refractivity contribution in [3.05, 3.63) is 17.5 Å². The molecule has 16 heavy (non-hydrogen) atoms. The van der Waals surface area contributed by atoms with Crippen LogP contribution in [0.1, 0.15) is 29.0 Å². The third-order valence-electron chi connectivity index (χ3n) is 3.16. The van der Waals surface area contributed by atoms with Gasteiger partial charge in [0.2, 0.25) is 0 Å². The molecule has 5 heteroatoms. The first-order chi connectivity index (χ1) is 7.70. The zero-order valence-corrected chi connectivity index (χ0v) is 9.69. The smallest absolute Gasteiger partial charge is 0.259 e. The first-order valence-electron chi connectivity index (χ1n) is 5.59. The van der Waals surface area contributed by atoms with Crippen molar-refractivity contribution in [1.82, 2.24) is 15.4 Å². The number of carbonyl (C=O) groups excluding carboxylic acids is 1. The molecule has 5 nitrogen and oxygen atoms in total. The first-order valence-corrected chi connectivity index (χ1v) is 5.59. The number of piperidine rings is 1. The predicted molar refractivity (Wildman–Crippen MR) is 59.2 cm³/mol. The molecular weight excluding hydrogens is 206 g/mol. The van der Waals surface area contributed by atoms with Crippen LogP contribution in [0.15, 0.2) is 10.7 Å². The van der Waals surface area contributed by atoms with Crippen molar-refractivity contribution in [1.29, 1.82) is 0 Å². The van der Waals surface area contributed by atoms with Gasteiger partial charge in [0.25, 0.3) is 5.91 Å². The van der Waals surface area contributed by atoms with E-state index >= 15 is 0 Å². The number of nitrogens with zero attached hydrogens (tertiary/aromatic N) is 2. The van der Waals surface area contributed by atoms with Crippen LogP contribution in [-0.2, 0) is 0 Å². The molecule has 1 aromatic rings. The zero-order valence-electron chi connectivity index (χ0n) is 9.69. The summed E-state index contributed by atoms with van der Waals surface area (Å²) in [5, 5.41) is 6.92. The van der Waals surface area contributed by atoms with Gasteiger partial charge in [-0.3, -0.25) is 4.79 Å². The third-order valence-corrected chi connectivity index (χ3v) is 3.16. The van der Waals surface area contributed by atoms with Gasteiger partial charge in [0, 0.05) is 13.1 Å². The third kappa shape index (κ3) is 2.09. The maximum absolute atomic E-state index is 12.1. The van der Waals surface area contributed by atoms with E-state index in [0.717, 1.165) is 25.9 Å². The van der Waals surface area contributed by atoms with Crippen molar-refractivity contribution in [2.75, 3.05) is 20.1 Å². The highest BCUT2D eigenvalue weighted by Gasteiger charge is 2.25. The van der Waals surface area contributed by atoms with Gasteiger partial charge in [-0.15, -0.1) is 0 Å². The number of aromatic nitrogens is 1. The lowest BCUT2D eigenvalue weighted by molar-refractivity contribution is 0.0701. The number of aryl methyl sites for hydroxylation is 1. The van der Waals surface area contributed by atoms with E-state index in [1.54, 1.807) is 11.8 Å². The van der Waals surface area contributed by atoms with E-state index in [4.69, 9.17) is 4.52 Å². The molecule has 0 saturated carbocycles. The molecule has 2 rings (SSSR count). The van der Waals surface area contributed by atoms with Crippen molar-refractivity contribution in [2.24, 2.45) is 0 Å². The molecule has 1 fully saturated rings.